The van der Waals surface area contributed by atoms with Crippen LogP contribution in [-0.4, -0.2) is 39.1 Å². The molecule has 0 atom stereocenters. The average Bonchev–Trinajstić information content (AvgIpc) is 2.60. The Morgan fingerprint density at radius 2 is 1.75 bits per heavy atom. The number of rotatable bonds is 6. The van der Waals surface area contributed by atoms with Gasteiger partial charge in [-0.3, -0.25) is 0 Å². The zero-order valence-corrected chi connectivity index (χ0v) is 15.9. The minimum absolute atomic E-state index is 0.0322. The van der Waals surface area contributed by atoms with E-state index in [9.17, 15) is 21.6 Å². The lowest BCUT2D eigenvalue weighted by atomic mass is 10.2. The molecule has 7 nitrogen and oxygen atoms in total. The van der Waals surface area contributed by atoms with Gasteiger partial charge in [0.05, 0.1) is 17.1 Å². The third-order valence-electron chi connectivity index (χ3n) is 3.53. The van der Waals surface area contributed by atoms with Crippen LogP contribution in [0.2, 0.25) is 0 Å². The Bertz CT molecular complexity index is 960. The normalized spacial score (nSPS) is 12.9. The maximum atomic E-state index is 12.5. The Labute approximate surface area is 160 Å². The molecule has 0 aliphatic heterocycles. The molecule has 2 rings (SSSR count). The molecular weight excluding hydrogens is 397 g/mol. The molecule has 28 heavy (non-hydrogen) atoms. The number of nitrogens with two attached hydrogens (primary N) is 1. The molecule has 0 spiro atoms. The predicted molar refractivity (Wildman–Crippen MR) is 99.4 cm³/mol. The molecule has 2 aromatic carbocycles. The number of anilines is 1. The highest BCUT2D eigenvalue weighted by atomic mass is 32.2. The summed E-state index contributed by atoms with van der Waals surface area (Å²) in [5.41, 5.74) is 6.10. The van der Waals surface area contributed by atoms with E-state index in [1.54, 1.807) is 18.2 Å². The molecule has 11 heteroatoms. The largest absolute Gasteiger partial charge is 0.573 e. The van der Waals surface area contributed by atoms with Crippen LogP contribution >= 0.6 is 0 Å². The maximum absolute atomic E-state index is 12.5. The molecule has 0 bridgehead atoms. The number of guanidine groups is 1. The summed E-state index contributed by atoms with van der Waals surface area (Å²) in [5, 5.41) is 2.53. The van der Waals surface area contributed by atoms with Gasteiger partial charge in [-0.05, 0) is 23.8 Å². The number of aliphatic imine (C=N–C) groups is 1. The van der Waals surface area contributed by atoms with Gasteiger partial charge in [0.25, 0.3) is 0 Å². The van der Waals surface area contributed by atoms with Crippen molar-refractivity contribution in [2.75, 3.05) is 19.4 Å². The van der Waals surface area contributed by atoms with Crippen molar-refractivity contribution in [1.82, 2.24) is 4.31 Å². The lowest BCUT2D eigenvalue weighted by Crippen LogP contribution is -2.25. The first-order valence-corrected chi connectivity index (χ1v) is 9.37. The predicted octanol–water partition coefficient (Wildman–Crippen LogP) is 2.76. The van der Waals surface area contributed by atoms with E-state index in [-0.39, 0.29) is 23.1 Å². The van der Waals surface area contributed by atoms with Crippen molar-refractivity contribution >= 4 is 21.7 Å². The van der Waals surface area contributed by atoms with Crippen molar-refractivity contribution in [3.8, 4) is 5.75 Å². The number of para-hydroxylation sites is 2. The van der Waals surface area contributed by atoms with Gasteiger partial charge in [0, 0.05) is 14.1 Å². The summed E-state index contributed by atoms with van der Waals surface area (Å²) in [5.74, 6) is -0.668. The summed E-state index contributed by atoms with van der Waals surface area (Å²) in [6, 6.07) is 11.6. The topological polar surface area (TPSA) is 97.0 Å². The summed E-state index contributed by atoms with van der Waals surface area (Å²) >= 11 is 0. The van der Waals surface area contributed by atoms with Gasteiger partial charge in [0.2, 0.25) is 10.0 Å². The molecule has 0 unspecified atom stereocenters. The highest BCUT2D eigenvalue weighted by Gasteiger charge is 2.32. The molecule has 0 aromatic heterocycles. The van der Waals surface area contributed by atoms with Crippen molar-refractivity contribution in [2.45, 2.75) is 17.8 Å². The molecule has 0 aliphatic rings. The van der Waals surface area contributed by atoms with Crippen LogP contribution in [0, 0.1) is 0 Å². The van der Waals surface area contributed by atoms with Crippen molar-refractivity contribution in [3.05, 3.63) is 54.1 Å². The first-order valence-electron chi connectivity index (χ1n) is 7.93. The molecule has 152 valence electrons. The number of nitrogens with zero attached hydrogens (tertiary/aromatic N) is 2. The van der Waals surface area contributed by atoms with E-state index in [2.05, 4.69) is 15.0 Å². The molecule has 0 aliphatic carbocycles. The molecule has 0 fully saturated rings. The van der Waals surface area contributed by atoms with Crippen molar-refractivity contribution < 1.29 is 26.3 Å². The van der Waals surface area contributed by atoms with E-state index < -0.39 is 22.1 Å². The van der Waals surface area contributed by atoms with E-state index >= 15 is 0 Å². The van der Waals surface area contributed by atoms with Crippen LogP contribution in [0.1, 0.15) is 5.56 Å². The second kappa shape index (κ2) is 8.48. The van der Waals surface area contributed by atoms with Gasteiger partial charge in [0.15, 0.2) is 11.7 Å². The van der Waals surface area contributed by atoms with E-state index in [0.29, 0.717) is 5.56 Å². The first kappa shape index (κ1) is 21.5. The van der Waals surface area contributed by atoms with Crippen LogP contribution < -0.4 is 15.8 Å². The van der Waals surface area contributed by atoms with Crippen LogP contribution in [0.15, 0.2) is 58.4 Å². The maximum Gasteiger partial charge on any atom is 0.573 e. The number of ether oxygens (including phenoxy) is 1. The van der Waals surface area contributed by atoms with E-state index in [1.807, 2.05) is 0 Å². The van der Waals surface area contributed by atoms with Crippen LogP contribution in [0.3, 0.4) is 0 Å². The van der Waals surface area contributed by atoms with Gasteiger partial charge in [0.1, 0.15) is 0 Å². The van der Waals surface area contributed by atoms with Crippen molar-refractivity contribution in [3.63, 3.8) is 0 Å². The summed E-state index contributed by atoms with van der Waals surface area (Å²) in [6.45, 7) is -0.0929. The molecule has 0 heterocycles. The molecule has 0 saturated carbocycles. The molecule has 0 saturated heterocycles. The second-order valence-electron chi connectivity index (χ2n) is 5.77. The van der Waals surface area contributed by atoms with Gasteiger partial charge in [-0.15, -0.1) is 13.2 Å². The number of alkyl halides is 3. The molecular formula is C17H19F3N4O3S. The third kappa shape index (κ3) is 5.60. The lowest BCUT2D eigenvalue weighted by Gasteiger charge is -2.15. The fraction of sp³-hybridized carbons (Fsp3) is 0.235. The fourth-order valence-corrected chi connectivity index (χ4v) is 3.32. The van der Waals surface area contributed by atoms with Gasteiger partial charge >= 0.3 is 6.36 Å². The standard InChI is InChI=1S/C17H19F3N4O3S/c1-24(2)28(25,26)15-10-6-3-7-12(15)11-22-16(21)23-13-8-4-5-9-14(13)27-17(18,19)20/h3-10H,11H2,1-2H3,(H3,21,22,23). The Balaban J connectivity index is 2.22. The highest BCUT2D eigenvalue weighted by molar-refractivity contribution is 7.89. The smallest absolute Gasteiger partial charge is 0.404 e. The summed E-state index contributed by atoms with van der Waals surface area (Å²) < 4.78 is 67.2. The number of nitrogens with one attached hydrogen (secondary N) is 1. The Morgan fingerprint density at radius 3 is 2.39 bits per heavy atom. The monoisotopic (exact) mass is 416 g/mol. The molecule has 3 N–H and O–H groups in total. The van der Waals surface area contributed by atoms with Crippen LogP contribution in [0.25, 0.3) is 0 Å². The average molecular weight is 416 g/mol. The number of benzene rings is 2. The minimum Gasteiger partial charge on any atom is -0.404 e. The van der Waals surface area contributed by atoms with Gasteiger partial charge < -0.3 is 15.8 Å². The summed E-state index contributed by atoms with van der Waals surface area (Å²) in [7, 11) is -0.872. The SMILES string of the molecule is CN(C)S(=O)(=O)c1ccccc1CN=C(N)Nc1ccccc1OC(F)(F)F. The Morgan fingerprint density at radius 1 is 1.14 bits per heavy atom. The molecule has 2 aromatic rings. The van der Waals surface area contributed by atoms with E-state index in [4.69, 9.17) is 5.73 Å². The van der Waals surface area contributed by atoms with Crippen molar-refractivity contribution in [2.24, 2.45) is 10.7 Å². The number of sulfonamides is 1. The first-order chi connectivity index (χ1) is 13.0. The van der Waals surface area contributed by atoms with Crippen LogP contribution in [0.4, 0.5) is 18.9 Å². The van der Waals surface area contributed by atoms with Gasteiger partial charge in [-0.25, -0.2) is 17.7 Å². The van der Waals surface area contributed by atoms with E-state index in [1.165, 1.54) is 38.4 Å². The van der Waals surface area contributed by atoms with Gasteiger partial charge in [-0.1, -0.05) is 30.3 Å². The minimum atomic E-state index is -4.86. The second-order valence-corrected chi connectivity index (χ2v) is 7.89. The summed E-state index contributed by atoms with van der Waals surface area (Å²) in [4.78, 5) is 4.09. The zero-order chi connectivity index (χ0) is 20.9. The zero-order valence-electron chi connectivity index (χ0n) is 15.1. The number of hydrogen-bond acceptors (Lipinski definition) is 4. The number of halogens is 3. The number of hydrogen-bond donors (Lipinski definition) is 2. The van der Waals surface area contributed by atoms with Crippen LogP contribution in [-0.2, 0) is 16.6 Å². The third-order valence-corrected chi connectivity index (χ3v) is 5.44. The Kier molecular flexibility index (Phi) is 6.52. The molecule has 0 radical (unpaired) electrons. The van der Waals surface area contributed by atoms with E-state index in [0.717, 1.165) is 10.4 Å². The van der Waals surface area contributed by atoms with Crippen molar-refractivity contribution in [1.29, 1.82) is 0 Å². The van der Waals surface area contributed by atoms with Crippen LogP contribution in [0.5, 0.6) is 5.75 Å². The summed E-state index contributed by atoms with van der Waals surface area (Å²) in [6.07, 6.45) is -4.86. The van der Waals surface area contributed by atoms with Gasteiger partial charge in [-0.2, -0.15) is 0 Å². The Hall–Kier alpha value is -2.79. The lowest BCUT2D eigenvalue weighted by molar-refractivity contribution is -0.274. The quantitative estimate of drug-likeness (QED) is 0.558. The molecule has 0 amide bonds. The highest BCUT2D eigenvalue weighted by Crippen LogP contribution is 2.29. The fourth-order valence-electron chi connectivity index (χ4n) is 2.21.